The summed E-state index contributed by atoms with van der Waals surface area (Å²) in [5, 5.41) is 2.05. The minimum atomic E-state index is 0.708. The van der Waals surface area contributed by atoms with Crippen LogP contribution >= 0.6 is 0 Å². The Bertz CT molecular complexity index is 523. The highest BCUT2D eigenvalue weighted by Crippen LogP contribution is 2.30. The van der Waals surface area contributed by atoms with Gasteiger partial charge in [-0.2, -0.15) is 0 Å². The molecule has 2 rings (SSSR count). The molecule has 0 bridgehead atoms. The zero-order valence-electron chi connectivity index (χ0n) is 11.0. The Morgan fingerprint density at radius 3 is 2.89 bits per heavy atom. The van der Waals surface area contributed by atoms with Crippen molar-refractivity contribution in [1.29, 1.82) is 0 Å². The number of nitrogens with two attached hydrogens (primary N) is 1. The molecule has 3 heteroatoms. The fourth-order valence-electron chi connectivity index (χ4n) is 1.97. The van der Waals surface area contributed by atoms with Gasteiger partial charge in [0.2, 0.25) is 0 Å². The van der Waals surface area contributed by atoms with E-state index < -0.39 is 0 Å². The Kier molecular flexibility index (Phi) is 4.03. The first-order valence-electron chi connectivity index (χ1n) is 6.43. The van der Waals surface area contributed by atoms with Gasteiger partial charge in [0, 0.05) is 23.2 Å². The predicted molar refractivity (Wildman–Crippen MR) is 75.7 cm³/mol. The molecule has 96 valence electrons. The summed E-state index contributed by atoms with van der Waals surface area (Å²) >= 11 is 0. The second kappa shape index (κ2) is 5.71. The molecular formula is C15H20N2O. The van der Waals surface area contributed by atoms with Crippen molar-refractivity contribution in [1.82, 2.24) is 4.98 Å². The highest BCUT2D eigenvalue weighted by atomic mass is 16.5. The fourth-order valence-corrected chi connectivity index (χ4v) is 1.97. The van der Waals surface area contributed by atoms with E-state index in [0.717, 1.165) is 29.5 Å². The molecule has 1 heterocycles. The lowest BCUT2D eigenvalue weighted by Gasteiger charge is -2.11. The number of fused-ring (bicyclic) bond motifs is 1. The Balaban J connectivity index is 2.07. The van der Waals surface area contributed by atoms with Crippen LogP contribution in [0.15, 0.2) is 30.6 Å². The molecule has 1 aromatic heterocycles. The molecule has 0 saturated carbocycles. The lowest BCUT2D eigenvalue weighted by atomic mass is 10.1. The van der Waals surface area contributed by atoms with Crippen molar-refractivity contribution in [3.05, 3.63) is 30.6 Å². The highest BCUT2D eigenvalue weighted by Gasteiger charge is 2.05. The molecule has 0 aliphatic rings. The van der Waals surface area contributed by atoms with Crippen LogP contribution in [-0.2, 0) is 0 Å². The van der Waals surface area contributed by atoms with Crippen LogP contribution in [0, 0.1) is 5.92 Å². The summed E-state index contributed by atoms with van der Waals surface area (Å²) in [6, 6.07) is 5.84. The van der Waals surface area contributed by atoms with Gasteiger partial charge in [0.05, 0.1) is 12.3 Å². The Labute approximate surface area is 108 Å². The van der Waals surface area contributed by atoms with Crippen LogP contribution in [0.3, 0.4) is 0 Å². The molecule has 0 radical (unpaired) electrons. The summed E-state index contributed by atoms with van der Waals surface area (Å²) in [5.41, 5.74) is 6.82. The number of rotatable bonds is 5. The fraction of sp³-hybridized carbons (Fsp3) is 0.400. The zero-order chi connectivity index (χ0) is 13.0. The third-order valence-electron chi connectivity index (χ3n) is 3.01. The number of aromatic nitrogens is 1. The summed E-state index contributed by atoms with van der Waals surface area (Å²) < 4.78 is 5.75. The van der Waals surface area contributed by atoms with E-state index in [1.54, 1.807) is 6.20 Å². The van der Waals surface area contributed by atoms with Crippen molar-refractivity contribution in [2.24, 2.45) is 5.92 Å². The lowest BCUT2D eigenvalue weighted by molar-refractivity contribution is 0.299. The first-order valence-corrected chi connectivity index (χ1v) is 6.43. The standard InChI is InChI=1S/C15H20N2O/c1-11(2)4-3-9-18-14-6-5-12-10-17-8-7-13(12)15(14)16/h5-8,10-11H,3-4,9,16H2,1-2H3. The number of hydrogen-bond donors (Lipinski definition) is 1. The first kappa shape index (κ1) is 12.7. The molecule has 0 atom stereocenters. The van der Waals surface area contributed by atoms with Gasteiger partial charge in [0.15, 0.2) is 0 Å². The summed E-state index contributed by atoms with van der Waals surface area (Å²) in [7, 11) is 0. The summed E-state index contributed by atoms with van der Waals surface area (Å²) in [6.45, 7) is 5.16. The van der Waals surface area contributed by atoms with E-state index >= 15 is 0 Å². The van der Waals surface area contributed by atoms with Crippen LogP contribution in [0.1, 0.15) is 26.7 Å². The van der Waals surface area contributed by atoms with E-state index in [0.29, 0.717) is 11.6 Å². The van der Waals surface area contributed by atoms with Gasteiger partial charge >= 0.3 is 0 Å². The third kappa shape index (κ3) is 2.92. The predicted octanol–water partition coefficient (Wildman–Crippen LogP) is 3.63. The van der Waals surface area contributed by atoms with Crippen molar-refractivity contribution in [3.8, 4) is 5.75 Å². The molecule has 1 aromatic carbocycles. The van der Waals surface area contributed by atoms with Gasteiger partial charge in [-0.1, -0.05) is 13.8 Å². The maximum absolute atomic E-state index is 6.11. The van der Waals surface area contributed by atoms with Crippen LogP contribution < -0.4 is 10.5 Å². The van der Waals surface area contributed by atoms with Gasteiger partial charge in [0.25, 0.3) is 0 Å². The number of anilines is 1. The third-order valence-corrected chi connectivity index (χ3v) is 3.01. The molecule has 0 aliphatic heterocycles. The minimum Gasteiger partial charge on any atom is -0.491 e. The second-order valence-electron chi connectivity index (χ2n) is 4.96. The smallest absolute Gasteiger partial charge is 0.142 e. The van der Waals surface area contributed by atoms with E-state index in [-0.39, 0.29) is 0 Å². The largest absolute Gasteiger partial charge is 0.491 e. The van der Waals surface area contributed by atoms with E-state index in [1.165, 1.54) is 6.42 Å². The summed E-state index contributed by atoms with van der Waals surface area (Å²) in [4.78, 5) is 4.08. The van der Waals surface area contributed by atoms with E-state index in [4.69, 9.17) is 10.5 Å². The van der Waals surface area contributed by atoms with Gasteiger partial charge in [-0.15, -0.1) is 0 Å². The number of hydrogen-bond acceptors (Lipinski definition) is 3. The van der Waals surface area contributed by atoms with Crippen molar-refractivity contribution < 1.29 is 4.74 Å². The normalized spacial score (nSPS) is 11.1. The average Bonchev–Trinajstić information content (AvgIpc) is 2.37. The first-order chi connectivity index (χ1) is 8.68. The molecule has 18 heavy (non-hydrogen) atoms. The Hall–Kier alpha value is -1.77. The SMILES string of the molecule is CC(C)CCCOc1ccc2cnccc2c1N. The molecule has 0 spiro atoms. The van der Waals surface area contributed by atoms with Crippen LogP contribution in [0.2, 0.25) is 0 Å². The van der Waals surface area contributed by atoms with Gasteiger partial charge in [-0.3, -0.25) is 4.98 Å². The number of nitrogens with zero attached hydrogens (tertiary/aromatic N) is 1. The topological polar surface area (TPSA) is 48.1 Å². The molecule has 0 saturated heterocycles. The van der Waals surface area contributed by atoms with Crippen molar-refractivity contribution in [2.45, 2.75) is 26.7 Å². The van der Waals surface area contributed by atoms with Gasteiger partial charge in [-0.25, -0.2) is 0 Å². The molecule has 0 unspecified atom stereocenters. The number of benzene rings is 1. The van der Waals surface area contributed by atoms with Gasteiger partial charge in [-0.05, 0) is 37.0 Å². The highest BCUT2D eigenvalue weighted by molar-refractivity contribution is 5.95. The molecule has 3 nitrogen and oxygen atoms in total. The number of ether oxygens (including phenoxy) is 1. The van der Waals surface area contributed by atoms with Gasteiger partial charge in [0.1, 0.15) is 5.75 Å². The summed E-state index contributed by atoms with van der Waals surface area (Å²) in [6.07, 6.45) is 5.80. The van der Waals surface area contributed by atoms with E-state index in [2.05, 4.69) is 18.8 Å². The lowest BCUT2D eigenvalue weighted by Crippen LogP contribution is -2.02. The van der Waals surface area contributed by atoms with Crippen molar-refractivity contribution in [2.75, 3.05) is 12.3 Å². The number of pyridine rings is 1. The van der Waals surface area contributed by atoms with E-state index in [9.17, 15) is 0 Å². The molecule has 0 aliphatic carbocycles. The van der Waals surface area contributed by atoms with Gasteiger partial charge < -0.3 is 10.5 Å². The molecule has 0 fully saturated rings. The average molecular weight is 244 g/mol. The molecular weight excluding hydrogens is 224 g/mol. The van der Waals surface area contributed by atoms with Crippen LogP contribution in [-0.4, -0.2) is 11.6 Å². The Morgan fingerprint density at radius 2 is 2.11 bits per heavy atom. The Morgan fingerprint density at radius 1 is 1.28 bits per heavy atom. The van der Waals surface area contributed by atoms with Crippen LogP contribution in [0.4, 0.5) is 5.69 Å². The van der Waals surface area contributed by atoms with E-state index in [1.807, 2.05) is 24.4 Å². The molecule has 0 amide bonds. The zero-order valence-corrected chi connectivity index (χ0v) is 11.0. The second-order valence-corrected chi connectivity index (χ2v) is 4.96. The maximum atomic E-state index is 6.11. The molecule has 2 N–H and O–H groups in total. The van der Waals surface area contributed by atoms with Crippen molar-refractivity contribution >= 4 is 16.5 Å². The van der Waals surface area contributed by atoms with Crippen LogP contribution in [0.25, 0.3) is 10.8 Å². The monoisotopic (exact) mass is 244 g/mol. The maximum Gasteiger partial charge on any atom is 0.142 e. The summed E-state index contributed by atoms with van der Waals surface area (Å²) in [5.74, 6) is 1.49. The quantitative estimate of drug-likeness (QED) is 0.645. The number of nitrogen functional groups attached to an aromatic ring is 1. The minimum absolute atomic E-state index is 0.708. The van der Waals surface area contributed by atoms with Crippen molar-refractivity contribution in [3.63, 3.8) is 0 Å². The molecule has 2 aromatic rings. The van der Waals surface area contributed by atoms with Crippen LogP contribution in [0.5, 0.6) is 5.75 Å².